The fourth-order valence-corrected chi connectivity index (χ4v) is 2.28. The molecule has 0 radical (unpaired) electrons. The SMILES string of the molecule is CN=C(NCCCn1cccn1)NCc1nnc2ccccn12. The third kappa shape index (κ3) is 3.85. The smallest absolute Gasteiger partial charge is 0.191 e. The standard InChI is InChI=1S/C15H20N8/c1-16-15(17-7-4-9-22-10-5-8-19-22)18-12-14-21-20-13-6-2-3-11-23(13)14/h2-3,5-6,8,10-11H,4,7,9,12H2,1H3,(H2,16,17,18). The first-order valence-corrected chi connectivity index (χ1v) is 7.57. The molecule has 8 heteroatoms. The van der Waals surface area contributed by atoms with E-state index >= 15 is 0 Å². The van der Waals surface area contributed by atoms with E-state index in [0.717, 1.165) is 36.9 Å². The number of aliphatic imine (C=N–C) groups is 1. The monoisotopic (exact) mass is 312 g/mol. The van der Waals surface area contributed by atoms with Crippen LogP contribution in [0.4, 0.5) is 0 Å². The quantitative estimate of drug-likeness (QED) is 0.397. The zero-order valence-electron chi connectivity index (χ0n) is 13.1. The van der Waals surface area contributed by atoms with Crippen LogP contribution in [0.25, 0.3) is 5.65 Å². The molecule has 0 saturated carbocycles. The molecule has 3 aromatic heterocycles. The van der Waals surface area contributed by atoms with Crippen LogP contribution in [0.5, 0.6) is 0 Å². The van der Waals surface area contributed by atoms with E-state index < -0.39 is 0 Å². The molecule has 0 bridgehead atoms. The van der Waals surface area contributed by atoms with Gasteiger partial charge in [-0.05, 0) is 24.6 Å². The van der Waals surface area contributed by atoms with Gasteiger partial charge in [-0.2, -0.15) is 5.10 Å². The number of nitrogens with one attached hydrogen (secondary N) is 2. The average Bonchev–Trinajstić information content (AvgIpc) is 3.24. The third-order valence-electron chi connectivity index (χ3n) is 3.44. The second kappa shape index (κ2) is 7.39. The minimum absolute atomic E-state index is 0.560. The van der Waals surface area contributed by atoms with Gasteiger partial charge in [-0.1, -0.05) is 6.07 Å². The molecule has 2 N–H and O–H groups in total. The summed E-state index contributed by atoms with van der Waals surface area (Å²) in [6, 6.07) is 7.76. The molecule has 8 nitrogen and oxygen atoms in total. The molecule has 0 unspecified atom stereocenters. The fraction of sp³-hybridized carbons (Fsp3) is 0.333. The number of hydrogen-bond donors (Lipinski definition) is 2. The largest absolute Gasteiger partial charge is 0.356 e. The van der Waals surface area contributed by atoms with E-state index in [1.807, 2.05) is 45.7 Å². The number of nitrogens with zero attached hydrogens (tertiary/aromatic N) is 6. The van der Waals surface area contributed by atoms with Gasteiger partial charge in [0.15, 0.2) is 17.4 Å². The summed E-state index contributed by atoms with van der Waals surface area (Å²) in [6.07, 6.45) is 6.67. The molecular formula is C15H20N8. The molecule has 0 fully saturated rings. The second-order valence-electron chi connectivity index (χ2n) is 5.02. The Balaban J connectivity index is 1.46. The number of rotatable bonds is 6. The molecule has 0 aliphatic carbocycles. The summed E-state index contributed by atoms with van der Waals surface area (Å²) in [6.45, 7) is 2.26. The summed E-state index contributed by atoms with van der Waals surface area (Å²) < 4.78 is 3.87. The Bertz CT molecular complexity index is 759. The van der Waals surface area contributed by atoms with E-state index in [1.54, 1.807) is 13.2 Å². The van der Waals surface area contributed by atoms with Crippen LogP contribution in [0, 0.1) is 0 Å². The Morgan fingerprint density at radius 2 is 2.13 bits per heavy atom. The van der Waals surface area contributed by atoms with Gasteiger partial charge in [0.25, 0.3) is 0 Å². The van der Waals surface area contributed by atoms with Crippen molar-refractivity contribution >= 4 is 11.6 Å². The predicted octanol–water partition coefficient (Wildman–Crippen LogP) is 0.681. The van der Waals surface area contributed by atoms with Crippen LogP contribution in [-0.4, -0.2) is 43.9 Å². The Morgan fingerprint density at radius 3 is 2.96 bits per heavy atom. The summed E-state index contributed by atoms with van der Waals surface area (Å²) in [4.78, 5) is 4.22. The topological polar surface area (TPSA) is 84.4 Å². The number of guanidine groups is 1. The van der Waals surface area contributed by atoms with Crippen LogP contribution in [0.1, 0.15) is 12.2 Å². The third-order valence-corrected chi connectivity index (χ3v) is 3.44. The number of aryl methyl sites for hydroxylation is 1. The molecule has 0 aliphatic heterocycles. The molecule has 0 amide bonds. The number of pyridine rings is 1. The lowest BCUT2D eigenvalue weighted by Gasteiger charge is -2.11. The maximum atomic E-state index is 4.22. The highest BCUT2D eigenvalue weighted by Gasteiger charge is 2.05. The molecule has 3 aromatic rings. The van der Waals surface area contributed by atoms with Crippen LogP contribution in [-0.2, 0) is 13.1 Å². The highest BCUT2D eigenvalue weighted by Crippen LogP contribution is 2.02. The van der Waals surface area contributed by atoms with Crippen molar-refractivity contribution in [2.75, 3.05) is 13.6 Å². The van der Waals surface area contributed by atoms with E-state index in [9.17, 15) is 0 Å². The zero-order valence-corrected chi connectivity index (χ0v) is 13.1. The van der Waals surface area contributed by atoms with Crippen molar-refractivity contribution in [1.82, 2.24) is 35.0 Å². The Hall–Kier alpha value is -2.90. The van der Waals surface area contributed by atoms with Crippen LogP contribution in [0.3, 0.4) is 0 Å². The lowest BCUT2D eigenvalue weighted by Crippen LogP contribution is -2.38. The number of hydrogen-bond acceptors (Lipinski definition) is 4. The van der Waals surface area contributed by atoms with Crippen molar-refractivity contribution in [2.45, 2.75) is 19.5 Å². The van der Waals surface area contributed by atoms with Crippen molar-refractivity contribution < 1.29 is 0 Å². The first-order chi connectivity index (χ1) is 11.4. The first-order valence-electron chi connectivity index (χ1n) is 7.57. The molecule has 0 spiro atoms. The lowest BCUT2D eigenvalue weighted by atomic mass is 10.4. The summed E-state index contributed by atoms with van der Waals surface area (Å²) in [5.74, 6) is 1.60. The van der Waals surface area contributed by atoms with Crippen molar-refractivity contribution in [3.8, 4) is 0 Å². The van der Waals surface area contributed by atoms with Gasteiger partial charge in [-0.3, -0.25) is 14.1 Å². The van der Waals surface area contributed by atoms with Crippen LogP contribution in [0.2, 0.25) is 0 Å². The van der Waals surface area contributed by atoms with Gasteiger partial charge in [-0.25, -0.2) is 0 Å². The number of aromatic nitrogens is 5. The summed E-state index contributed by atoms with van der Waals surface area (Å²) in [7, 11) is 1.75. The van der Waals surface area contributed by atoms with E-state index in [2.05, 4.69) is 30.9 Å². The summed E-state index contributed by atoms with van der Waals surface area (Å²) in [5.41, 5.74) is 0.839. The molecule has 23 heavy (non-hydrogen) atoms. The first kappa shape index (κ1) is 15.0. The molecule has 3 heterocycles. The van der Waals surface area contributed by atoms with Crippen LogP contribution >= 0.6 is 0 Å². The maximum absolute atomic E-state index is 4.22. The normalized spacial score (nSPS) is 11.8. The zero-order chi connectivity index (χ0) is 15.9. The van der Waals surface area contributed by atoms with Crippen molar-refractivity contribution in [3.63, 3.8) is 0 Å². The van der Waals surface area contributed by atoms with Crippen LogP contribution < -0.4 is 10.6 Å². The summed E-state index contributed by atoms with van der Waals surface area (Å²) >= 11 is 0. The molecular weight excluding hydrogens is 292 g/mol. The van der Waals surface area contributed by atoms with Gasteiger partial charge in [0.05, 0.1) is 6.54 Å². The summed E-state index contributed by atoms with van der Waals surface area (Å²) in [5, 5.41) is 19.0. The fourth-order valence-electron chi connectivity index (χ4n) is 2.28. The molecule has 0 atom stereocenters. The van der Waals surface area contributed by atoms with E-state index in [0.29, 0.717) is 6.54 Å². The molecule has 0 aliphatic rings. The predicted molar refractivity (Wildman–Crippen MR) is 88.0 cm³/mol. The second-order valence-corrected chi connectivity index (χ2v) is 5.02. The highest BCUT2D eigenvalue weighted by molar-refractivity contribution is 5.79. The number of fused-ring (bicyclic) bond motifs is 1. The molecule has 0 saturated heterocycles. The maximum Gasteiger partial charge on any atom is 0.191 e. The lowest BCUT2D eigenvalue weighted by molar-refractivity contribution is 0.570. The van der Waals surface area contributed by atoms with Gasteiger partial charge in [-0.15, -0.1) is 10.2 Å². The average molecular weight is 312 g/mol. The van der Waals surface area contributed by atoms with Gasteiger partial charge < -0.3 is 10.6 Å². The molecule has 120 valence electrons. The van der Waals surface area contributed by atoms with Crippen molar-refractivity contribution in [3.05, 3.63) is 48.7 Å². The molecule has 3 rings (SSSR count). The van der Waals surface area contributed by atoms with Gasteiger partial charge in [0.2, 0.25) is 0 Å². The Kier molecular flexibility index (Phi) is 4.82. The van der Waals surface area contributed by atoms with Crippen molar-refractivity contribution in [2.24, 2.45) is 4.99 Å². The van der Waals surface area contributed by atoms with E-state index in [-0.39, 0.29) is 0 Å². The van der Waals surface area contributed by atoms with E-state index in [1.165, 1.54) is 0 Å². The van der Waals surface area contributed by atoms with Gasteiger partial charge in [0, 0.05) is 38.7 Å². The van der Waals surface area contributed by atoms with Crippen molar-refractivity contribution in [1.29, 1.82) is 0 Å². The van der Waals surface area contributed by atoms with E-state index in [4.69, 9.17) is 0 Å². The van der Waals surface area contributed by atoms with Gasteiger partial charge in [0.1, 0.15) is 0 Å². The highest BCUT2D eigenvalue weighted by atomic mass is 15.3. The Morgan fingerprint density at radius 1 is 1.17 bits per heavy atom. The minimum Gasteiger partial charge on any atom is -0.356 e. The minimum atomic E-state index is 0.560. The Labute approximate surface area is 134 Å². The van der Waals surface area contributed by atoms with Gasteiger partial charge >= 0.3 is 0 Å². The molecule has 0 aromatic carbocycles. The van der Waals surface area contributed by atoms with Crippen LogP contribution in [0.15, 0.2) is 47.8 Å².